The van der Waals surface area contributed by atoms with Gasteiger partial charge in [-0.2, -0.15) is 0 Å². The van der Waals surface area contributed by atoms with Crippen molar-refractivity contribution in [1.29, 1.82) is 0 Å². The Balaban J connectivity index is 1.63. The van der Waals surface area contributed by atoms with Crippen LogP contribution in [0.5, 0.6) is 5.75 Å². The molecule has 0 fully saturated rings. The molecular formula is C12H16O4. The maximum Gasteiger partial charge on any atom is 0.191 e. The molecule has 0 aliphatic heterocycles. The first-order valence-electron chi connectivity index (χ1n) is 5.29. The van der Waals surface area contributed by atoms with Crippen molar-refractivity contribution in [2.45, 2.75) is 12.8 Å². The molecule has 0 saturated carbocycles. The number of methoxy groups -OCH3 is 1. The summed E-state index contributed by atoms with van der Waals surface area (Å²) in [6, 6.07) is 6.14. The topological polar surface area (TPSA) is 36.9 Å². The molecule has 1 aromatic carbocycles. The summed E-state index contributed by atoms with van der Waals surface area (Å²) in [7, 11) is 1.57. The molecule has 0 spiro atoms. The summed E-state index contributed by atoms with van der Waals surface area (Å²) in [5, 5.41) is 0. The zero-order valence-corrected chi connectivity index (χ0v) is 9.40. The summed E-state index contributed by atoms with van der Waals surface area (Å²) < 4.78 is 20.2. The summed E-state index contributed by atoms with van der Waals surface area (Å²) in [6.07, 6.45) is 2.35. The van der Waals surface area contributed by atoms with Crippen LogP contribution in [0.1, 0.15) is 11.1 Å². The van der Waals surface area contributed by atoms with Gasteiger partial charge in [-0.3, -0.25) is 0 Å². The first-order valence-corrected chi connectivity index (χ1v) is 5.29. The largest absolute Gasteiger partial charge is 0.467 e. The van der Waals surface area contributed by atoms with E-state index < -0.39 is 0 Å². The van der Waals surface area contributed by atoms with E-state index in [4.69, 9.17) is 18.9 Å². The minimum Gasteiger partial charge on any atom is -0.467 e. The molecule has 0 N–H and O–H groups in total. The lowest BCUT2D eigenvalue weighted by Crippen LogP contribution is -2.10. The van der Waals surface area contributed by atoms with Crippen LogP contribution in [0.15, 0.2) is 18.2 Å². The zero-order valence-electron chi connectivity index (χ0n) is 9.40. The molecule has 2 rings (SSSR count). The van der Waals surface area contributed by atoms with Crippen LogP contribution in [0.25, 0.3) is 0 Å². The van der Waals surface area contributed by atoms with Gasteiger partial charge in [0.2, 0.25) is 0 Å². The maximum atomic E-state index is 5.41. The summed E-state index contributed by atoms with van der Waals surface area (Å²) in [5.74, 6) is 0.852. The molecule has 0 aromatic heterocycles. The third kappa shape index (κ3) is 2.95. The van der Waals surface area contributed by atoms with Crippen LogP contribution < -0.4 is 4.74 Å². The van der Waals surface area contributed by atoms with Crippen molar-refractivity contribution in [3.8, 4) is 5.75 Å². The van der Waals surface area contributed by atoms with Crippen LogP contribution in [0, 0.1) is 0 Å². The maximum absolute atomic E-state index is 5.41. The van der Waals surface area contributed by atoms with E-state index in [-0.39, 0.29) is 20.4 Å². The second-order valence-corrected chi connectivity index (χ2v) is 3.63. The summed E-state index contributed by atoms with van der Waals surface area (Å²) in [4.78, 5) is 0. The minimum absolute atomic E-state index is 0.179. The van der Waals surface area contributed by atoms with Crippen LogP contribution in [0.2, 0.25) is 0 Å². The van der Waals surface area contributed by atoms with Gasteiger partial charge in [0, 0.05) is 7.11 Å². The van der Waals surface area contributed by atoms with Crippen molar-refractivity contribution >= 4 is 0 Å². The Hall–Kier alpha value is -1.10. The van der Waals surface area contributed by atoms with Gasteiger partial charge in [0.05, 0.1) is 0 Å². The molecule has 88 valence electrons. The van der Waals surface area contributed by atoms with Crippen molar-refractivity contribution in [3.05, 3.63) is 29.3 Å². The van der Waals surface area contributed by atoms with E-state index in [1.165, 1.54) is 17.5 Å². The average molecular weight is 224 g/mol. The SMILES string of the molecule is COCOCOCOc1ccc2c(c1)CC2. The van der Waals surface area contributed by atoms with Crippen molar-refractivity contribution < 1.29 is 18.9 Å². The van der Waals surface area contributed by atoms with E-state index in [2.05, 4.69) is 12.1 Å². The highest BCUT2D eigenvalue weighted by molar-refractivity contribution is 5.41. The van der Waals surface area contributed by atoms with Gasteiger partial charge in [-0.05, 0) is 36.1 Å². The number of rotatable bonds is 7. The Morgan fingerprint density at radius 3 is 2.50 bits per heavy atom. The lowest BCUT2D eigenvalue weighted by Gasteiger charge is -2.19. The number of fused-ring (bicyclic) bond motifs is 1. The van der Waals surface area contributed by atoms with Gasteiger partial charge in [-0.1, -0.05) is 6.07 Å². The highest BCUT2D eigenvalue weighted by atomic mass is 16.8. The third-order valence-electron chi connectivity index (χ3n) is 2.52. The van der Waals surface area contributed by atoms with Crippen molar-refractivity contribution in [3.63, 3.8) is 0 Å². The Bertz CT molecular complexity index is 338. The van der Waals surface area contributed by atoms with E-state index in [1.54, 1.807) is 7.11 Å². The Morgan fingerprint density at radius 1 is 1.00 bits per heavy atom. The quantitative estimate of drug-likeness (QED) is 0.522. The zero-order chi connectivity index (χ0) is 11.2. The van der Waals surface area contributed by atoms with Gasteiger partial charge in [0.1, 0.15) is 12.5 Å². The fourth-order valence-electron chi connectivity index (χ4n) is 1.58. The predicted molar refractivity (Wildman–Crippen MR) is 58.3 cm³/mol. The molecule has 4 heteroatoms. The summed E-state index contributed by atoms with van der Waals surface area (Å²) in [5.41, 5.74) is 2.81. The van der Waals surface area contributed by atoms with Crippen LogP contribution >= 0.6 is 0 Å². The molecule has 0 unspecified atom stereocenters. The van der Waals surface area contributed by atoms with E-state index in [0.717, 1.165) is 12.2 Å². The molecule has 1 aromatic rings. The molecule has 1 aliphatic rings. The Kier molecular flexibility index (Phi) is 4.16. The smallest absolute Gasteiger partial charge is 0.191 e. The van der Waals surface area contributed by atoms with E-state index in [0.29, 0.717) is 0 Å². The molecule has 0 bridgehead atoms. The molecule has 0 radical (unpaired) electrons. The van der Waals surface area contributed by atoms with Gasteiger partial charge in [-0.25, -0.2) is 0 Å². The molecule has 0 heterocycles. The normalized spacial score (nSPS) is 13.1. The van der Waals surface area contributed by atoms with E-state index in [9.17, 15) is 0 Å². The molecule has 0 saturated heterocycles. The first kappa shape index (κ1) is 11.4. The Morgan fingerprint density at radius 2 is 1.81 bits per heavy atom. The van der Waals surface area contributed by atoms with Crippen LogP contribution in [-0.4, -0.2) is 27.5 Å². The fourth-order valence-corrected chi connectivity index (χ4v) is 1.58. The van der Waals surface area contributed by atoms with Crippen molar-refractivity contribution in [1.82, 2.24) is 0 Å². The molecule has 1 aliphatic carbocycles. The Labute approximate surface area is 95.1 Å². The number of benzene rings is 1. The fraction of sp³-hybridized carbons (Fsp3) is 0.500. The van der Waals surface area contributed by atoms with Crippen LogP contribution in [0.3, 0.4) is 0 Å². The second kappa shape index (κ2) is 5.84. The number of hydrogen-bond donors (Lipinski definition) is 0. The number of hydrogen-bond acceptors (Lipinski definition) is 4. The third-order valence-corrected chi connectivity index (χ3v) is 2.52. The molecule has 0 atom stereocenters. The monoisotopic (exact) mass is 224 g/mol. The van der Waals surface area contributed by atoms with Crippen LogP contribution in [0.4, 0.5) is 0 Å². The molecule has 0 amide bonds. The van der Waals surface area contributed by atoms with E-state index in [1.807, 2.05) is 6.07 Å². The second-order valence-electron chi connectivity index (χ2n) is 3.63. The number of ether oxygens (including phenoxy) is 4. The van der Waals surface area contributed by atoms with Gasteiger partial charge < -0.3 is 18.9 Å². The highest BCUT2D eigenvalue weighted by Gasteiger charge is 2.12. The predicted octanol–water partition coefficient (Wildman–Crippen LogP) is 1.72. The lowest BCUT2D eigenvalue weighted by atomic mass is 9.89. The highest BCUT2D eigenvalue weighted by Crippen LogP contribution is 2.26. The first-order chi connectivity index (χ1) is 7.90. The van der Waals surface area contributed by atoms with Gasteiger partial charge in [0.25, 0.3) is 0 Å². The summed E-state index contributed by atoms with van der Waals surface area (Å²) in [6.45, 7) is 0.611. The lowest BCUT2D eigenvalue weighted by molar-refractivity contribution is -0.145. The standard InChI is InChI=1S/C12H16O4/c1-13-7-14-8-15-9-16-12-5-4-10-2-3-11(10)6-12/h4-6H,2-3,7-9H2,1H3. The van der Waals surface area contributed by atoms with Crippen molar-refractivity contribution in [2.24, 2.45) is 0 Å². The van der Waals surface area contributed by atoms with E-state index >= 15 is 0 Å². The van der Waals surface area contributed by atoms with Crippen molar-refractivity contribution in [2.75, 3.05) is 27.5 Å². The van der Waals surface area contributed by atoms with Gasteiger partial charge in [0.15, 0.2) is 13.6 Å². The average Bonchev–Trinajstić information content (AvgIpc) is 2.26. The van der Waals surface area contributed by atoms with Gasteiger partial charge in [-0.15, -0.1) is 0 Å². The summed E-state index contributed by atoms with van der Waals surface area (Å²) >= 11 is 0. The van der Waals surface area contributed by atoms with Crippen LogP contribution in [-0.2, 0) is 27.1 Å². The number of aryl methyl sites for hydroxylation is 2. The molecule has 4 nitrogen and oxygen atoms in total. The molecule has 16 heavy (non-hydrogen) atoms. The molecular weight excluding hydrogens is 208 g/mol. The van der Waals surface area contributed by atoms with Gasteiger partial charge >= 0.3 is 0 Å². The minimum atomic E-state index is 0.179.